The van der Waals surface area contributed by atoms with Crippen LogP contribution in [-0.2, 0) is 0 Å². The maximum atomic E-state index is 5.37. The zero-order valence-electron chi connectivity index (χ0n) is 34.0. The SMILES string of the molecule is c1ccc(-c2nc(-c3ccccc3)nc(-c3cc4c(c5ccccc5n4-c4ccccc4)c4c3c3ccccc3n4-c3ccc4c5ccccc5n(-c5ccccc5)c4c3)n2)cc1. The zero-order valence-corrected chi connectivity index (χ0v) is 34.0. The van der Waals surface area contributed by atoms with Gasteiger partial charge in [-0.05, 0) is 60.7 Å². The number of benzene rings is 9. The van der Waals surface area contributed by atoms with Gasteiger partial charge in [-0.3, -0.25) is 0 Å². The van der Waals surface area contributed by atoms with E-state index in [9.17, 15) is 0 Å². The number of rotatable bonds is 6. The highest BCUT2D eigenvalue weighted by Gasteiger charge is 2.26. The van der Waals surface area contributed by atoms with Crippen LogP contribution >= 0.6 is 0 Å². The molecule has 0 amide bonds. The number of nitrogens with zero attached hydrogens (tertiary/aromatic N) is 6. The first-order chi connectivity index (χ1) is 31.3. The van der Waals surface area contributed by atoms with Crippen LogP contribution in [0.5, 0.6) is 0 Å². The molecule has 0 aliphatic carbocycles. The summed E-state index contributed by atoms with van der Waals surface area (Å²) in [6, 6.07) is 77.3. The van der Waals surface area contributed by atoms with E-state index in [2.05, 4.69) is 196 Å². The van der Waals surface area contributed by atoms with Gasteiger partial charge in [0.1, 0.15) is 0 Å². The molecular weight excluding hydrogens is 769 g/mol. The van der Waals surface area contributed by atoms with Crippen molar-refractivity contribution >= 4 is 65.4 Å². The molecule has 6 nitrogen and oxygen atoms in total. The van der Waals surface area contributed by atoms with Crippen LogP contribution < -0.4 is 0 Å². The molecular formula is C57H36N6. The first kappa shape index (κ1) is 35.2. The predicted molar refractivity (Wildman–Crippen MR) is 259 cm³/mol. The quantitative estimate of drug-likeness (QED) is 0.168. The average Bonchev–Trinajstić information content (AvgIpc) is 4.00. The Morgan fingerprint density at radius 2 is 0.698 bits per heavy atom. The van der Waals surface area contributed by atoms with Crippen molar-refractivity contribution < 1.29 is 0 Å². The summed E-state index contributed by atoms with van der Waals surface area (Å²) in [5.74, 6) is 1.86. The van der Waals surface area contributed by atoms with Crippen molar-refractivity contribution in [1.82, 2.24) is 28.7 Å². The molecule has 0 atom stereocenters. The predicted octanol–water partition coefficient (Wildman–Crippen LogP) is 14.2. The van der Waals surface area contributed by atoms with Gasteiger partial charge in [-0.25, -0.2) is 15.0 Å². The average molecular weight is 805 g/mol. The number of para-hydroxylation sites is 5. The van der Waals surface area contributed by atoms with E-state index in [1.807, 2.05) is 36.4 Å². The minimum absolute atomic E-state index is 0.613. The molecule has 0 unspecified atom stereocenters. The lowest BCUT2D eigenvalue weighted by Gasteiger charge is -2.14. The second-order valence-corrected chi connectivity index (χ2v) is 16.0. The summed E-state index contributed by atoms with van der Waals surface area (Å²) in [5.41, 5.74) is 12.8. The van der Waals surface area contributed by atoms with Crippen molar-refractivity contribution in [3.8, 4) is 51.2 Å². The Morgan fingerprint density at radius 1 is 0.270 bits per heavy atom. The fourth-order valence-electron chi connectivity index (χ4n) is 9.79. The molecule has 0 radical (unpaired) electrons. The monoisotopic (exact) mass is 804 g/mol. The first-order valence-electron chi connectivity index (χ1n) is 21.3. The normalized spacial score (nSPS) is 11.8. The molecule has 4 aromatic heterocycles. The molecule has 4 heterocycles. The van der Waals surface area contributed by atoms with Crippen LogP contribution in [0.15, 0.2) is 218 Å². The molecule has 0 saturated heterocycles. The van der Waals surface area contributed by atoms with Gasteiger partial charge >= 0.3 is 0 Å². The highest BCUT2D eigenvalue weighted by atomic mass is 15.1. The number of hydrogen-bond acceptors (Lipinski definition) is 3. The third-order valence-electron chi connectivity index (χ3n) is 12.5. The molecule has 0 saturated carbocycles. The lowest BCUT2D eigenvalue weighted by atomic mass is 10.0. The minimum atomic E-state index is 0.613. The van der Waals surface area contributed by atoms with Crippen LogP contribution in [0.25, 0.3) is 117 Å². The Balaban J connectivity index is 1.22. The van der Waals surface area contributed by atoms with Crippen molar-refractivity contribution in [3.63, 3.8) is 0 Å². The smallest absolute Gasteiger partial charge is 0.164 e. The maximum absolute atomic E-state index is 5.37. The third-order valence-corrected chi connectivity index (χ3v) is 12.5. The second kappa shape index (κ2) is 14.0. The molecule has 13 aromatic rings. The molecule has 9 aromatic carbocycles. The second-order valence-electron chi connectivity index (χ2n) is 16.0. The largest absolute Gasteiger partial charge is 0.309 e. The Kier molecular flexibility index (Phi) is 7.80. The van der Waals surface area contributed by atoms with Gasteiger partial charge in [0.2, 0.25) is 0 Å². The van der Waals surface area contributed by atoms with Gasteiger partial charge in [0, 0.05) is 66.1 Å². The van der Waals surface area contributed by atoms with Gasteiger partial charge in [0.25, 0.3) is 0 Å². The Bertz CT molecular complexity index is 3830. The van der Waals surface area contributed by atoms with E-state index < -0.39 is 0 Å². The molecule has 294 valence electrons. The summed E-state index contributed by atoms with van der Waals surface area (Å²) in [6.07, 6.45) is 0. The van der Waals surface area contributed by atoms with Gasteiger partial charge in [-0.1, -0.05) is 158 Å². The Hall–Kier alpha value is -8.61. The molecule has 0 fully saturated rings. The van der Waals surface area contributed by atoms with Gasteiger partial charge < -0.3 is 13.7 Å². The summed E-state index contributed by atoms with van der Waals surface area (Å²) in [4.78, 5) is 15.8. The van der Waals surface area contributed by atoms with Crippen molar-refractivity contribution in [1.29, 1.82) is 0 Å². The molecule has 0 N–H and O–H groups in total. The zero-order chi connectivity index (χ0) is 41.4. The summed E-state index contributed by atoms with van der Waals surface area (Å²) in [6.45, 7) is 0. The van der Waals surface area contributed by atoms with E-state index in [-0.39, 0.29) is 0 Å². The van der Waals surface area contributed by atoms with E-state index in [1.54, 1.807) is 0 Å². The lowest BCUT2D eigenvalue weighted by molar-refractivity contribution is 1.08. The highest BCUT2D eigenvalue weighted by molar-refractivity contribution is 6.29. The van der Waals surface area contributed by atoms with Crippen LogP contribution in [0.1, 0.15) is 0 Å². The minimum Gasteiger partial charge on any atom is -0.309 e. The van der Waals surface area contributed by atoms with E-state index in [4.69, 9.17) is 15.0 Å². The topological polar surface area (TPSA) is 53.5 Å². The van der Waals surface area contributed by atoms with Gasteiger partial charge in [0.05, 0.1) is 33.1 Å². The number of aromatic nitrogens is 6. The summed E-state index contributed by atoms with van der Waals surface area (Å²) >= 11 is 0. The lowest BCUT2D eigenvalue weighted by Crippen LogP contribution is -2.01. The molecule has 0 spiro atoms. The van der Waals surface area contributed by atoms with Crippen molar-refractivity contribution in [2.75, 3.05) is 0 Å². The van der Waals surface area contributed by atoms with E-state index >= 15 is 0 Å². The standard InChI is InChI=1S/C57H36N6/c1-5-19-37(20-6-1)55-58-56(38-21-7-2-8-22-38)60-57(59-55)46-36-51-53(45-29-15-17-31-48(45)62(51)40-25-11-4-12-26-40)54-52(46)44-28-14-18-32-49(44)63(54)41-33-34-43-42-27-13-16-30-47(42)61(50(43)35-41)39-23-9-3-10-24-39/h1-36H. The molecule has 0 aliphatic rings. The van der Waals surface area contributed by atoms with E-state index in [0.717, 1.165) is 77.5 Å². The molecule has 0 aliphatic heterocycles. The summed E-state index contributed by atoms with van der Waals surface area (Å²) in [5, 5.41) is 6.96. The van der Waals surface area contributed by atoms with Crippen molar-refractivity contribution in [3.05, 3.63) is 218 Å². The third kappa shape index (κ3) is 5.41. The Morgan fingerprint density at radius 3 is 1.29 bits per heavy atom. The van der Waals surface area contributed by atoms with Crippen LogP contribution in [-0.4, -0.2) is 28.7 Å². The molecule has 0 bridgehead atoms. The fraction of sp³-hybridized carbons (Fsp3) is 0. The Labute approximate surface area is 362 Å². The van der Waals surface area contributed by atoms with Gasteiger partial charge in [-0.15, -0.1) is 0 Å². The van der Waals surface area contributed by atoms with Crippen LogP contribution in [0.4, 0.5) is 0 Å². The summed E-state index contributed by atoms with van der Waals surface area (Å²) < 4.78 is 7.26. The number of hydrogen-bond donors (Lipinski definition) is 0. The van der Waals surface area contributed by atoms with Crippen LogP contribution in [0.3, 0.4) is 0 Å². The fourth-order valence-corrected chi connectivity index (χ4v) is 9.79. The molecule has 13 rings (SSSR count). The van der Waals surface area contributed by atoms with E-state index in [0.29, 0.717) is 17.5 Å². The molecule has 63 heavy (non-hydrogen) atoms. The van der Waals surface area contributed by atoms with Gasteiger partial charge in [-0.2, -0.15) is 0 Å². The van der Waals surface area contributed by atoms with Crippen molar-refractivity contribution in [2.45, 2.75) is 0 Å². The van der Waals surface area contributed by atoms with Gasteiger partial charge in [0.15, 0.2) is 17.5 Å². The number of fused-ring (bicyclic) bond motifs is 10. The molecule has 6 heteroatoms. The van der Waals surface area contributed by atoms with Crippen molar-refractivity contribution in [2.24, 2.45) is 0 Å². The van der Waals surface area contributed by atoms with E-state index in [1.165, 1.54) is 21.7 Å². The van der Waals surface area contributed by atoms with Crippen LogP contribution in [0, 0.1) is 0 Å². The van der Waals surface area contributed by atoms with Crippen LogP contribution in [0.2, 0.25) is 0 Å². The first-order valence-corrected chi connectivity index (χ1v) is 21.3. The maximum Gasteiger partial charge on any atom is 0.164 e. The summed E-state index contributed by atoms with van der Waals surface area (Å²) in [7, 11) is 0. The highest BCUT2D eigenvalue weighted by Crippen LogP contribution is 2.47.